The molecular formula is C22H24Cl2N4O2S. The van der Waals surface area contributed by atoms with Crippen LogP contribution < -0.4 is 10.1 Å². The average molecular weight is 479 g/mol. The van der Waals surface area contributed by atoms with Gasteiger partial charge in [-0.25, -0.2) is 0 Å². The zero-order valence-electron chi connectivity index (χ0n) is 17.8. The number of aryl methyl sites for hydroxylation is 1. The highest BCUT2D eigenvalue weighted by molar-refractivity contribution is 7.99. The van der Waals surface area contributed by atoms with E-state index in [-0.39, 0.29) is 17.1 Å². The lowest BCUT2D eigenvalue weighted by molar-refractivity contribution is -0.118. The predicted molar refractivity (Wildman–Crippen MR) is 126 cm³/mol. The van der Waals surface area contributed by atoms with E-state index in [2.05, 4.69) is 15.5 Å². The number of methoxy groups -OCH3 is 1. The minimum absolute atomic E-state index is 0.0833. The van der Waals surface area contributed by atoms with Gasteiger partial charge in [-0.3, -0.25) is 9.36 Å². The molecule has 0 atom stereocenters. The summed E-state index contributed by atoms with van der Waals surface area (Å²) in [5.74, 6) is 1.66. The first kappa shape index (κ1) is 23.4. The number of ether oxygens (including phenoxy) is 1. The Hall–Kier alpha value is -2.22. The zero-order chi connectivity index (χ0) is 22.6. The minimum Gasteiger partial charge on any atom is -0.497 e. The molecule has 9 heteroatoms. The molecule has 0 saturated heterocycles. The lowest BCUT2D eigenvalue weighted by Gasteiger charge is -2.26. The molecule has 0 bridgehead atoms. The summed E-state index contributed by atoms with van der Waals surface area (Å²) < 4.78 is 7.13. The molecule has 1 amide bonds. The Morgan fingerprint density at radius 1 is 1.13 bits per heavy atom. The topological polar surface area (TPSA) is 69.0 Å². The van der Waals surface area contributed by atoms with Crippen LogP contribution in [0, 0.1) is 6.92 Å². The molecule has 1 N–H and O–H groups in total. The third kappa shape index (κ3) is 5.73. The molecule has 3 rings (SSSR count). The molecule has 0 aliphatic rings. The maximum atomic E-state index is 12.5. The van der Waals surface area contributed by atoms with Crippen molar-refractivity contribution in [3.63, 3.8) is 0 Å². The molecule has 6 nitrogen and oxygen atoms in total. The van der Waals surface area contributed by atoms with Crippen LogP contribution in [0.2, 0.25) is 10.0 Å². The van der Waals surface area contributed by atoms with Crippen molar-refractivity contribution < 1.29 is 9.53 Å². The van der Waals surface area contributed by atoms with Crippen LogP contribution in [0.3, 0.4) is 0 Å². The molecule has 164 valence electrons. The van der Waals surface area contributed by atoms with E-state index in [4.69, 9.17) is 27.9 Å². The van der Waals surface area contributed by atoms with Gasteiger partial charge in [-0.1, -0.05) is 54.9 Å². The van der Waals surface area contributed by atoms with E-state index < -0.39 is 0 Å². The largest absolute Gasteiger partial charge is 0.497 e. The van der Waals surface area contributed by atoms with Crippen LogP contribution in [0.1, 0.15) is 25.2 Å². The number of nitrogens with zero attached hydrogens (tertiary/aromatic N) is 3. The predicted octanol–water partition coefficient (Wildman–Crippen LogP) is 5.08. The van der Waals surface area contributed by atoms with Crippen molar-refractivity contribution in [3.8, 4) is 11.4 Å². The third-order valence-electron chi connectivity index (χ3n) is 4.89. The minimum atomic E-state index is -0.297. The maximum absolute atomic E-state index is 12.5. The highest BCUT2D eigenvalue weighted by Crippen LogP contribution is 2.30. The van der Waals surface area contributed by atoms with Crippen molar-refractivity contribution in [2.45, 2.75) is 31.3 Å². The summed E-state index contributed by atoms with van der Waals surface area (Å²) in [5.41, 5.74) is 1.62. The molecule has 0 unspecified atom stereocenters. The Balaban J connectivity index is 1.61. The summed E-state index contributed by atoms with van der Waals surface area (Å²) in [6, 6.07) is 13.1. The fourth-order valence-electron chi connectivity index (χ4n) is 2.98. The van der Waals surface area contributed by atoms with Gasteiger partial charge in [0.1, 0.15) is 11.6 Å². The molecule has 1 aromatic heterocycles. The van der Waals surface area contributed by atoms with Crippen molar-refractivity contribution in [2.24, 2.45) is 0 Å². The summed E-state index contributed by atoms with van der Waals surface area (Å²) in [7, 11) is 1.63. The number of carbonyl (C=O) groups excluding carboxylic acids is 1. The van der Waals surface area contributed by atoms with Gasteiger partial charge in [0.2, 0.25) is 5.91 Å². The van der Waals surface area contributed by atoms with E-state index in [1.165, 1.54) is 11.8 Å². The first-order chi connectivity index (χ1) is 14.7. The van der Waals surface area contributed by atoms with E-state index in [0.29, 0.717) is 21.7 Å². The van der Waals surface area contributed by atoms with Crippen molar-refractivity contribution in [1.29, 1.82) is 0 Å². The summed E-state index contributed by atoms with van der Waals surface area (Å²) in [6.45, 7) is 6.43. The Morgan fingerprint density at radius 3 is 2.48 bits per heavy atom. The molecule has 0 spiro atoms. The quantitative estimate of drug-likeness (QED) is 0.457. The van der Waals surface area contributed by atoms with Gasteiger partial charge in [-0.05, 0) is 48.9 Å². The second-order valence-corrected chi connectivity index (χ2v) is 9.40. The Bertz CT molecular complexity index is 1070. The van der Waals surface area contributed by atoms with E-state index in [1.807, 2.05) is 61.7 Å². The smallest absolute Gasteiger partial charge is 0.230 e. The van der Waals surface area contributed by atoms with E-state index in [1.54, 1.807) is 13.2 Å². The maximum Gasteiger partial charge on any atom is 0.230 e. The highest BCUT2D eigenvalue weighted by atomic mass is 35.5. The first-order valence-corrected chi connectivity index (χ1v) is 11.4. The number of hydrogen-bond donors (Lipinski definition) is 1. The van der Waals surface area contributed by atoms with Crippen LogP contribution >= 0.6 is 35.0 Å². The average Bonchev–Trinajstić information content (AvgIpc) is 3.13. The molecule has 2 aromatic carbocycles. The van der Waals surface area contributed by atoms with Crippen LogP contribution in [-0.4, -0.2) is 40.1 Å². The number of carbonyl (C=O) groups is 1. The Labute approximate surface area is 196 Å². The molecule has 31 heavy (non-hydrogen) atoms. The molecule has 0 aliphatic heterocycles. The SMILES string of the molecule is COc1ccc(-n2c(C)nnc2SCC(=O)NCC(C)(C)c2ccc(Cl)c(Cl)c2)cc1. The van der Waals surface area contributed by atoms with Gasteiger partial charge in [0, 0.05) is 17.6 Å². The van der Waals surface area contributed by atoms with Gasteiger partial charge in [-0.2, -0.15) is 0 Å². The molecule has 0 saturated carbocycles. The van der Waals surface area contributed by atoms with E-state index in [9.17, 15) is 4.79 Å². The molecule has 1 heterocycles. The molecule has 0 aliphatic carbocycles. The Kier molecular flexibility index (Phi) is 7.51. The first-order valence-electron chi connectivity index (χ1n) is 9.63. The number of nitrogens with one attached hydrogen (secondary N) is 1. The Morgan fingerprint density at radius 2 is 1.84 bits per heavy atom. The van der Waals surface area contributed by atoms with Crippen LogP contribution in [0.15, 0.2) is 47.6 Å². The van der Waals surface area contributed by atoms with E-state index in [0.717, 1.165) is 22.8 Å². The van der Waals surface area contributed by atoms with Crippen LogP contribution in [0.25, 0.3) is 5.69 Å². The second-order valence-electron chi connectivity index (χ2n) is 7.64. The van der Waals surface area contributed by atoms with Crippen molar-refractivity contribution in [3.05, 3.63) is 63.9 Å². The number of hydrogen-bond acceptors (Lipinski definition) is 5. The second kappa shape index (κ2) is 9.94. The zero-order valence-corrected chi connectivity index (χ0v) is 20.1. The highest BCUT2D eigenvalue weighted by Gasteiger charge is 2.23. The third-order valence-corrected chi connectivity index (χ3v) is 6.55. The summed E-state index contributed by atoms with van der Waals surface area (Å²) in [5, 5.41) is 13.0. The standard InChI is InChI=1S/C22H24Cl2N4O2S/c1-14-26-27-21(28(14)16-6-8-17(30-4)9-7-16)31-12-20(29)25-13-22(2,3)15-5-10-18(23)19(24)11-15/h5-11H,12-13H2,1-4H3,(H,25,29). The fraction of sp³-hybridized carbons (Fsp3) is 0.318. The summed E-state index contributed by atoms with van der Waals surface area (Å²) >= 11 is 13.5. The van der Waals surface area contributed by atoms with Crippen LogP contribution in [0.4, 0.5) is 0 Å². The molecule has 3 aromatic rings. The van der Waals surface area contributed by atoms with Gasteiger partial charge in [0.25, 0.3) is 0 Å². The summed E-state index contributed by atoms with van der Waals surface area (Å²) in [6.07, 6.45) is 0. The van der Waals surface area contributed by atoms with Crippen molar-refractivity contribution in [2.75, 3.05) is 19.4 Å². The number of benzene rings is 2. The summed E-state index contributed by atoms with van der Waals surface area (Å²) in [4.78, 5) is 12.5. The van der Waals surface area contributed by atoms with Gasteiger partial charge in [0.05, 0.1) is 22.9 Å². The molecule has 0 fully saturated rings. The fourth-order valence-corrected chi connectivity index (χ4v) is 4.11. The number of halogens is 2. The normalized spacial score (nSPS) is 11.4. The lowest BCUT2D eigenvalue weighted by atomic mass is 9.84. The van der Waals surface area contributed by atoms with Crippen molar-refractivity contribution in [1.82, 2.24) is 20.1 Å². The lowest BCUT2D eigenvalue weighted by Crippen LogP contribution is -2.37. The monoisotopic (exact) mass is 478 g/mol. The molecule has 0 radical (unpaired) electrons. The van der Waals surface area contributed by atoms with Gasteiger partial charge in [-0.15, -0.1) is 10.2 Å². The number of aromatic nitrogens is 3. The van der Waals surface area contributed by atoms with Gasteiger partial charge in [0.15, 0.2) is 5.16 Å². The van der Waals surface area contributed by atoms with Gasteiger partial charge >= 0.3 is 0 Å². The van der Waals surface area contributed by atoms with E-state index >= 15 is 0 Å². The number of amides is 1. The number of rotatable bonds is 8. The number of thioether (sulfide) groups is 1. The molecular weight excluding hydrogens is 455 g/mol. The van der Waals surface area contributed by atoms with Gasteiger partial charge < -0.3 is 10.1 Å². The van der Waals surface area contributed by atoms with Crippen LogP contribution in [-0.2, 0) is 10.2 Å². The van der Waals surface area contributed by atoms with Crippen LogP contribution in [0.5, 0.6) is 5.75 Å². The van der Waals surface area contributed by atoms with Crippen molar-refractivity contribution >= 4 is 40.9 Å².